The molecule has 0 fully saturated rings. The molecule has 0 aliphatic rings. The molecule has 1 aromatic heterocycles. The Hall–Kier alpha value is -2.61. The molecule has 1 atom stereocenters. The number of carbonyl (C=O) groups excluding carboxylic acids is 1. The van der Waals surface area contributed by atoms with Gasteiger partial charge in [0.2, 0.25) is 0 Å². The molecule has 0 N–H and O–H groups in total. The Labute approximate surface area is 203 Å². The molecule has 0 amide bonds. The summed E-state index contributed by atoms with van der Waals surface area (Å²) in [4.78, 5) is 12.7. The zero-order valence-electron chi connectivity index (χ0n) is 17.1. The lowest BCUT2D eigenvalue weighted by molar-refractivity contribution is 0.102. The number of carbonyl (C=O) groups is 1. The van der Waals surface area contributed by atoms with Gasteiger partial charge in [-0.15, -0.1) is 10.2 Å². The number of ketones is 1. The van der Waals surface area contributed by atoms with Gasteiger partial charge in [0, 0.05) is 15.7 Å². The summed E-state index contributed by atoms with van der Waals surface area (Å²) in [6, 6.07) is 24.4. The van der Waals surface area contributed by atoms with Crippen LogP contribution in [0.3, 0.4) is 0 Å². The van der Waals surface area contributed by atoms with Crippen LogP contribution in [-0.2, 0) is 0 Å². The number of aromatic nitrogens is 3. The summed E-state index contributed by atoms with van der Waals surface area (Å²) in [5.74, 6) is 1.46. The smallest absolute Gasteiger partial charge is 0.196 e. The molecule has 1 heterocycles. The SMILES string of the molecule is CC(Oc1ccccc1Cl)c1nnc(SCC(=O)c2ccc(Br)cc2)n1-c1ccccc1. The van der Waals surface area contributed by atoms with Gasteiger partial charge in [-0.05, 0) is 43.3 Å². The Morgan fingerprint density at radius 2 is 1.72 bits per heavy atom. The Morgan fingerprint density at radius 1 is 1.03 bits per heavy atom. The molecule has 0 spiro atoms. The normalized spacial score (nSPS) is 11.8. The summed E-state index contributed by atoms with van der Waals surface area (Å²) in [6.07, 6.45) is -0.417. The lowest BCUT2D eigenvalue weighted by Gasteiger charge is -2.17. The number of nitrogens with zero attached hydrogens (tertiary/aromatic N) is 3. The van der Waals surface area contributed by atoms with Crippen LogP contribution in [0.5, 0.6) is 5.75 Å². The monoisotopic (exact) mass is 527 g/mol. The van der Waals surface area contributed by atoms with Crippen LogP contribution in [0.25, 0.3) is 5.69 Å². The average Bonchev–Trinajstić information content (AvgIpc) is 3.24. The van der Waals surface area contributed by atoms with Crippen molar-refractivity contribution in [1.29, 1.82) is 0 Å². The number of halogens is 2. The van der Waals surface area contributed by atoms with Crippen molar-refractivity contribution in [3.05, 3.63) is 99.7 Å². The zero-order valence-corrected chi connectivity index (χ0v) is 20.3. The van der Waals surface area contributed by atoms with Crippen molar-refractivity contribution < 1.29 is 9.53 Å². The van der Waals surface area contributed by atoms with Crippen LogP contribution in [0.1, 0.15) is 29.2 Å². The number of rotatable bonds is 8. The summed E-state index contributed by atoms with van der Waals surface area (Å²) in [5.41, 5.74) is 1.54. The lowest BCUT2D eigenvalue weighted by atomic mass is 10.2. The van der Waals surface area contributed by atoms with E-state index in [1.54, 1.807) is 18.2 Å². The first-order chi connectivity index (χ1) is 15.5. The summed E-state index contributed by atoms with van der Waals surface area (Å²) < 4.78 is 8.93. The Balaban J connectivity index is 1.60. The minimum atomic E-state index is -0.417. The quantitative estimate of drug-likeness (QED) is 0.186. The molecule has 3 aromatic carbocycles. The maximum Gasteiger partial charge on any atom is 0.196 e. The molecular formula is C24H19BrClN3O2S. The Kier molecular flexibility index (Phi) is 7.29. The summed E-state index contributed by atoms with van der Waals surface area (Å²) in [6.45, 7) is 1.90. The summed E-state index contributed by atoms with van der Waals surface area (Å²) in [7, 11) is 0. The number of benzene rings is 3. The Morgan fingerprint density at radius 3 is 2.44 bits per heavy atom. The molecule has 0 radical (unpaired) electrons. The van der Waals surface area contributed by atoms with E-state index < -0.39 is 6.10 Å². The van der Waals surface area contributed by atoms with Crippen molar-refractivity contribution in [3.8, 4) is 11.4 Å². The highest BCUT2D eigenvalue weighted by molar-refractivity contribution is 9.10. The van der Waals surface area contributed by atoms with E-state index in [4.69, 9.17) is 16.3 Å². The Bertz CT molecular complexity index is 1220. The number of Topliss-reactive ketones (excluding diaryl/α,β-unsaturated/α-hetero) is 1. The maximum atomic E-state index is 12.7. The van der Waals surface area contributed by atoms with E-state index in [0.717, 1.165) is 10.2 Å². The molecule has 8 heteroatoms. The molecule has 4 rings (SSSR count). The molecule has 162 valence electrons. The molecule has 0 bridgehead atoms. The third-order valence-corrected chi connectivity index (χ3v) is 6.45. The molecule has 5 nitrogen and oxygen atoms in total. The minimum Gasteiger partial charge on any atom is -0.481 e. The fourth-order valence-corrected chi connectivity index (χ4v) is 4.39. The number of hydrogen-bond donors (Lipinski definition) is 0. The van der Waals surface area contributed by atoms with Crippen molar-refractivity contribution in [3.63, 3.8) is 0 Å². The summed E-state index contributed by atoms with van der Waals surface area (Å²) >= 11 is 11.0. The van der Waals surface area contributed by atoms with Crippen LogP contribution in [-0.4, -0.2) is 26.3 Å². The molecule has 0 saturated carbocycles. The first-order valence-electron chi connectivity index (χ1n) is 9.86. The summed E-state index contributed by atoms with van der Waals surface area (Å²) in [5, 5.41) is 9.89. The van der Waals surface area contributed by atoms with E-state index in [2.05, 4.69) is 26.1 Å². The van der Waals surface area contributed by atoms with Crippen LogP contribution in [0.2, 0.25) is 5.02 Å². The van der Waals surface area contributed by atoms with Gasteiger partial charge in [0.1, 0.15) is 5.75 Å². The van der Waals surface area contributed by atoms with Crippen LogP contribution >= 0.6 is 39.3 Å². The van der Waals surface area contributed by atoms with Crippen molar-refractivity contribution in [2.45, 2.75) is 18.2 Å². The molecule has 0 aliphatic carbocycles. The molecular weight excluding hydrogens is 510 g/mol. The highest BCUT2D eigenvalue weighted by atomic mass is 79.9. The number of ether oxygens (including phenoxy) is 1. The van der Waals surface area contributed by atoms with Gasteiger partial charge in [0.25, 0.3) is 0 Å². The van der Waals surface area contributed by atoms with Crippen molar-refractivity contribution in [2.75, 3.05) is 5.75 Å². The number of hydrogen-bond acceptors (Lipinski definition) is 5. The van der Waals surface area contributed by atoms with Crippen LogP contribution in [0.15, 0.2) is 88.5 Å². The number of thioether (sulfide) groups is 1. The van der Waals surface area contributed by atoms with Gasteiger partial charge in [-0.25, -0.2) is 0 Å². The highest BCUT2D eigenvalue weighted by Crippen LogP contribution is 2.31. The van der Waals surface area contributed by atoms with Gasteiger partial charge < -0.3 is 4.74 Å². The van der Waals surface area contributed by atoms with Gasteiger partial charge in [0.05, 0.1) is 10.8 Å². The van der Waals surface area contributed by atoms with E-state index in [1.165, 1.54) is 11.8 Å². The van der Waals surface area contributed by atoms with Gasteiger partial charge in [-0.1, -0.05) is 81.8 Å². The topological polar surface area (TPSA) is 57.0 Å². The van der Waals surface area contributed by atoms with Crippen LogP contribution < -0.4 is 4.74 Å². The van der Waals surface area contributed by atoms with Gasteiger partial charge in [-0.2, -0.15) is 0 Å². The van der Waals surface area contributed by atoms with Crippen LogP contribution in [0.4, 0.5) is 0 Å². The van der Waals surface area contributed by atoms with E-state index in [0.29, 0.717) is 27.3 Å². The van der Waals surface area contributed by atoms with Gasteiger partial charge >= 0.3 is 0 Å². The molecule has 0 aliphatic heterocycles. The first kappa shape index (κ1) is 22.6. The molecule has 32 heavy (non-hydrogen) atoms. The predicted molar refractivity (Wildman–Crippen MR) is 131 cm³/mol. The third kappa shape index (κ3) is 5.23. The van der Waals surface area contributed by atoms with Gasteiger partial charge in [0.15, 0.2) is 22.9 Å². The van der Waals surface area contributed by atoms with E-state index >= 15 is 0 Å². The minimum absolute atomic E-state index is 0.0204. The highest BCUT2D eigenvalue weighted by Gasteiger charge is 2.22. The van der Waals surface area contributed by atoms with Crippen molar-refractivity contribution in [2.24, 2.45) is 0 Å². The largest absolute Gasteiger partial charge is 0.481 e. The van der Waals surface area contributed by atoms with E-state index in [9.17, 15) is 4.79 Å². The van der Waals surface area contributed by atoms with Crippen molar-refractivity contribution >= 4 is 45.1 Å². The van der Waals surface area contributed by atoms with E-state index in [1.807, 2.05) is 72.2 Å². The number of para-hydroxylation sites is 2. The average molecular weight is 529 g/mol. The van der Waals surface area contributed by atoms with Crippen molar-refractivity contribution in [1.82, 2.24) is 14.8 Å². The second-order valence-corrected chi connectivity index (χ2v) is 9.19. The predicted octanol–water partition coefficient (Wildman–Crippen LogP) is 6.80. The van der Waals surface area contributed by atoms with Gasteiger partial charge in [-0.3, -0.25) is 9.36 Å². The fourth-order valence-electron chi connectivity index (χ4n) is 3.09. The standard InChI is InChI=1S/C24H19BrClN3O2S/c1-16(31-22-10-6-5-9-20(22)26)23-27-28-24(29(23)19-7-3-2-4-8-19)32-15-21(30)17-11-13-18(25)14-12-17/h2-14,16H,15H2,1H3. The second kappa shape index (κ2) is 10.3. The van der Waals surface area contributed by atoms with E-state index in [-0.39, 0.29) is 11.5 Å². The fraction of sp³-hybridized carbons (Fsp3) is 0.125. The lowest BCUT2D eigenvalue weighted by Crippen LogP contribution is -2.12. The first-order valence-corrected chi connectivity index (χ1v) is 12.0. The molecule has 4 aromatic rings. The second-order valence-electron chi connectivity index (χ2n) is 6.92. The zero-order chi connectivity index (χ0) is 22.5. The maximum absolute atomic E-state index is 12.7. The molecule has 0 saturated heterocycles. The molecule has 1 unspecified atom stereocenters. The third-order valence-electron chi connectivity index (χ3n) is 4.68. The van der Waals surface area contributed by atoms with Crippen LogP contribution in [0, 0.1) is 0 Å².